The van der Waals surface area contributed by atoms with Crippen molar-refractivity contribution in [3.63, 3.8) is 0 Å². The van der Waals surface area contributed by atoms with Gasteiger partial charge >= 0.3 is 0 Å². The number of aromatic nitrogens is 2. The van der Waals surface area contributed by atoms with E-state index in [-0.39, 0.29) is 12.2 Å². The molecule has 0 fully saturated rings. The zero-order chi connectivity index (χ0) is 11.8. The average Bonchev–Trinajstić information content (AvgIpc) is 2.31. The summed E-state index contributed by atoms with van der Waals surface area (Å²) in [5.74, 6) is 0.454. The number of methoxy groups -OCH3 is 1. The number of rotatable bonds is 7. The molecule has 0 bridgehead atoms. The van der Waals surface area contributed by atoms with Crippen molar-refractivity contribution in [2.24, 2.45) is 0 Å². The molecule has 90 valence electrons. The highest BCUT2D eigenvalue weighted by Gasteiger charge is 1.99. The lowest BCUT2D eigenvalue weighted by molar-refractivity contribution is 0.281. The van der Waals surface area contributed by atoms with E-state index in [1.165, 1.54) is 17.9 Å². The highest BCUT2D eigenvalue weighted by atomic mass is 16.5. The van der Waals surface area contributed by atoms with Gasteiger partial charge in [-0.2, -0.15) is 0 Å². The summed E-state index contributed by atoms with van der Waals surface area (Å²) in [5, 5.41) is 12.7. The minimum absolute atomic E-state index is 0.108. The van der Waals surface area contributed by atoms with Gasteiger partial charge in [0.15, 0.2) is 0 Å². The number of aryl methyl sites for hydroxylation is 1. The standard InChI is InChI=1S/C11H18N2O3/c1-16-10-6-7-11(15)13(12-10)8-4-2-3-5-9-14/h6-7,14H,2-5,8-9H2,1H3. The van der Waals surface area contributed by atoms with Gasteiger partial charge in [0.2, 0.25) is 5.88 Å². The van der Waals surface area contributed by atoms with E-state index in [9.17, 15) is 4.79 Å². The largest absolute Gasteiger partial charge is 0.480 e. The van der Waals surface area contributed by atoms with Gasteiger partial charge in [0.1, 0.15) is 0 Å². The average molecular weight is 226 g/mol. The lowest BCUT2D eigenvalue weighted by atomic mass is 10.2. The lowest BCUT2D eigenvalue weighted by Crippen LogP contribution is -2.22. The summed E-state index contributed by atoms with van der Waals surface area (Å²) in [7, 11) is 1.53. The Morgan fingerprint density at radius 3 is 2.75 bits per heavy atom. The van der Waals surface area contributed by atoms with Crippen LogP contribution in [0.1, 0.15) is 25.7 Å². The van der Waals surface area contributed by atoms with E-state index in [1.807, 2.05) is 0 Å². The summed E-state index contributed by atoms with van der Waals surface area (Å²) in [5.41, 5.74) is -0.108. The van der Waals surface area contributed by atoms with Crippen LogP contribution in [0.25, 0.3) is 0 Å². The van der Waals surface area contributed by atoms with E-state index in [0.29, 0.717) is 12.4 Å². The second-order valence-electron chi connectivity index (χ2n) is 3.57. The normalized spacial score (nSPS) is 10.4. The number of aliphatic hydroxyl groups excluding tert-OH is 1. The van der Waals surface area contributed by atoms with Gasteiger partial charge in [-0.15, -0.1) is 5.10 Å². The van der Waals surface area contributed by atoms with Gasteiger partial charge < -0.3 is 9.84 Å². The van der Waals surface area contributed by atoms with Gasteiger partial charge in [0, 0.05) is 25.3 Å². The van der Waals surface area contributed by atoms with Crippen molar-refractivity contribution in [3.8, 4) is 5.88 Å². The van der Waals surface area contributed by atoms with Crippen LogP contribution in [0, 0.1) is 0 Å². The molecule has 0 saturated carbocycles. The lowest BCUT2D eigenvalue weighted by Gasteiger charge is -2.05. The Kier molecular flexibility index (Phi) is 5.56. The molecule has 0 aromatic carbocycles. The maximum Gasteiger partial charge on any atom is 0.266 e. The van der Waals surface area contributed by atoms with E-state index in [1.54, 1.807) is 6.07 Å². The predicted molar refractivity (Wildman–Crippen MR) is 60.6 cm³/mol. The Morgan fingerprint density at radius 2 is 2.06 bits per heavy atom. The fourth-order valence-electron chi connectivity index (χ4n) is 1.43. The molecule has 0 amide bonds. The van der Waals surface area contributed by atoms with Crippen LogP contribution >= 0.6 is 0 Å². The van der Waals surface area contributed by atoms with E-state index in [4.69, 9.17) is 9.84 Å². The zero-order valence-corrected chi connectivity index (χ0v) is 9.56. The number of aliphatic hydroxyl groups is 1. The van der Waals surface area contributed by atoms with Crippen LogP contribution in [-0.4, -0.2) is 28.6 Å². The first kappa shape index (κ1) is 12.7. The molecule has 0 spiro atoms. The molecule has 1 aromatic rings. The third-order valence-corrected chi connectivity index (χ3v) is 2.33. The summed E-state index contributed by atoms with van der Waals surface area (Å²) in [6.07, 6.45) is 3.68. The monoisotopic (exact) mass is 226 g/mol. The third kappa shape index (κ3) is 4.02. The summed E-state index contributed by atoms with van der Waals surface area (Å²) in [6, 6.07) is 3.02. The topological polar surface area (TPSA) is 64.3 Å². The Balaban J connectivity index is 2.43. The van der Waals surface area contributed by atoms with Gasteiger partial charge in [-0.25, -0.2) is 4.68 Å². The molecule has 0 unspecified atom stereocenters. The number of ether oxygens (including phenoxy) is 1. The van der Waals surface area contributed by atoms with Crippen molar-refractivity contribution in [3.05, 3.63) is 22.5 Å². The maximum absolute atomic E-state index is 11.4. The van der Waals surface area contributed by atoms with Crippen LogP contribution in [0.2, 0.25) is 0 Å². The minimum atomic E-state index is -0.108. The van der Waals surface area contributed by atoms with Crippen molar-refractivity contribution in [2.45, 2.75) is 32.2 Å². The van der Waals surface area contributed by atoms with Crippen LogP contribution in [0.3, 0.4) is 0 Å². The third-order valence-electron chi connectivity index (χ3n) is 2.33. The van der Waals surface area contributed by atoms with Crippen molar-refractivity contribution in [1.82, 2.24) is 9.78 Å². The molecule has 0 aliphatic carbocycles. The molecule has 16 heavy (non-hydrogen) atoms. The SMILES string of the molecule is COc1ccc(=O)n(CCCCCCO)n1. The van der Waals surface area contributed by atoms with Crippen molar-refractivity contribution < 1.29 is 9.84 Å². The van der Waals surface area contributed by atoms with Crippen molar-refractivity contribution >= 4 is 0 Å². The molecule has 0 saturated heterocycles. The Hall–Kier alpha value is -1.36. The first-order valence-corrected chi connectivity index (χ1v) is 5.51. The Labute approximate surface area is 94.7 Å². The summed E-state index contributed by atoms with van der Waals surface area (Å²) in [6.45, 7) is 0.832. The van der Waals surface area contributed by atoms with Crippen LogP contribution in [0.5, 0.6) is 5.88 Å². The van der Waals surface area contributed by atoms with Crippen molar-refractivity contribution in [1.29, 1.82) is 0 Å². The van der Waals surface area contributed by atoms with Gasteiger partial charge in [0.05, 0.1) is 7.11 Å². The molecule has 0 aliphatic heterocycles. The number of unbranched alkanes of at least 4 members (excludes halogenated alkanes) is 3. The molecule has 1 N–H and O–H groups in total. The fraction of sp³-hybridized carbons (Fsp3) is 0.636. The number of hydrogen-bond acceptors (Lipinski definition) is 4. The second kappa shape index (κ2) is 7.00. The summed E-state index contributed by atoms with van der Waals surface area (Å²) < 4.78 is 6.37. The molecular formula is C11H18N2O3. The van der Waals surface area contributed by atoms with Gasteiger partial charge in [0.25, 0.3) is 5.56 Å². The molecule has 1 aromatic heterocycles. The fourth-order valence-corrected chi connectivity index (χ4v) is 1.43. The van der Waals surface area contributed by atoms with Gasteiger partial charge in [-0.05, 0) is 12.8 Å². The number of nitrogens with zero attached hydrogens (tertiary/aromatic N) is 2. The van der Waals surface area contributed by atoms with Crippen LogP contribution in [-0.2, 0) is 6.54 Å². The van der Waals surface area contributed by atoms with Gasteiger partial charge in [-0.3, -0.25) is 4.79 Å². The Morgan fingerprint density at radius 1 is 1.31 bits per heavy atom. The van der Waals surface area contributed by atoms with Crippen LogP contribution < -0.4 is 10.3 Å². The molecule has 0 aliphatic rings. The van der Waals surface area contributed by atoms with E-state index < -0.39 is 0 Å². The zero-order valence-electron chi connectivity index (χ0n) is 9.56. The summed E-state index contributed by atoms with van der Waals surface area (Å²) in [4.78, 5) is 11.4. The highest BCUT2D eigenvalue weighted by Crippen LogP contribution is 2.03. The predicted octanol–water partition coefficient (Wildman–Crippen LogP) is 0.805. The highest BCUT2D eigenvalue weighted by molar-refractivity contribution is 5.05. The second-order valence-corrected chi connectivity index (χ2v) is 3.57. The van der Waals surface area contributed by atoms with Crippen molar-refractivity contribution in [2.75, 3.05) is 13.7 Å². The minimum Gasteiger partial charge on any atom is -0.480 e. The molecule has 5 nitrogen and oxygen atoms in total. The van der Waals surface area contributed by atoms with Crippen LogP contribution in [0.15, 0.2) is 16.9 Å². The molecule has 5 heteroatoms. The van der Waals surface area contributed by atoms with Crippen LogP contribution in [0.4, 0.5) is 0 Å². The van der Waals surface area contributed by atoms with Gasteiger partial charge in [-0.1, -0.05) is 12.8 Å². The summed E-state index contributed by atoms with van der Waals surface area (Å²) >= 11 is 0. The van der Waals surface area contributed by atoms with E-state index in [2.05, 4.69) is 5.10 Å². The smallest absolute Gasteiger partial charge is 0.266 e. The molecule has 1 rings (SSSR count). The molecule has 1 heterocycles. The van der Waals surface area contributed by atoms with E-state index in [0.717, 1.165) is 25.7 Å². The number of hydrogen-bond donors (Lipinski definition) is 1. The molecule has 0 atom stereocenters. The van der Waals surface area contributed by atoms with E-state index >= 15 is 0 Å². The first-order valence-electron chi connectivity index (χ1n) is 5.51. The quantitative estimate of drug-likeness (QED) is 0.699. The maximum atomic E-state index is 11.4. The molecular weight excluding hydrogens is 208 g/mol. The Bertz CT molecular complexity index is 362. The first-order chi connectivity index (χ1) is 7.77. The molecule has 0 radical (unpaired) electrons.